The van der Waals surface area contributed by atoms with Gasteiger partial charge in [0.2, 0.25) is 0 Å². The number of benzene rings is 1. The third kappa shape index (κ3) is 2.86. The van der Waals surface area contributed by atoms with E-state index >= 15 is 0 Å². The van der Waals surface area contributed by atoms with Crippen molar-refractivity contribution in [1.82, 2.24) is 5.32 Å². The van der Waals surface area contributed by atoms with E-state index in [-0.39, 0.29) is 17.9 Å². The van der Waals surface area contributed by atoms with Crippen LogP contribution < -0.4 is 5.32 Å². The van der Waals surface area contributed by atoms with Crippen LogP contribution >= 0.6 is 0 Å². The van der Waals surface area contributed by atoms with E-state index in [0.717, 1.165) is 6.54 Å². The highest BCUT2D eigenvalue weighted by Crippen LogP contribution is 2.27. The molecule has 3 nitrogen and oxygen atoms in total. The van der Waals surface area contributed by atoms with Crippen LogP contribution in [0, 0.1) is 0 Å². The number of carbonyl (C=O) groups excluding carboxylic acids is 1. The summed E-state index contributed by atoms with van der Waals surface area (Å²) < 4.78 is 5.39. The molecule has 1 fully saturated rings. The first-order chi connectivity index (χ1) is 7.97. The van der Waals surface area contributed by atoms with Crippen molar-refractivity contribution in [2.24, 2.45) is 0 Å². The Labute approximate surface area is 102 Å². The van der Waals surface area contributed by atoms with Crippen molar-refractivity contribution in [2.45, 2.75) is 38.3 Å². The van der Waals surface area contributed by atoms with Gasteiger partial charge in [-0.2, -0.15) is 0 Å². The zero-order valence-corrected chi connectivity index (χ0v) is 10.6. The summed E-state index contributed by atoms with van der Waals surface area (Å²) in [6, 6.07) is 9.90. The molecule has 1 aromatic rings. The van der Waals surface area contributed by atoms with E-state index in [0.29, 0.717) is 0 Å². The highest BCUT2D eigenvalue weighted by Gasteiger charge is 2.39. The van der Waals surface area contributed by atoms with Gasteiger partial charge in [0.15, 0.2) is 0 Å². The van der Waals surface area contributed by atoms with Gasteiger partial charge in [-0.25, -0.2) is 0 Å². The van der Waals surface area contributed by atoms with Crippen LogP contribution in [0.2, 0.25) is 0 Å². The Bertz CT molecular complexity index is 394. The van der Waals surface area contributed by atoms with Crippen molar-refractivity contribution in [1.29, 1.82) is 0 Å². The largest absolute Gasteiger partial charge is 0.459 e. The number of carbonyl (C=O) groups is 1. The maximum Gasteiger partial charge on any atom is 0.324 e. The summed E-state index contributed by atoms with van der Waals surface area (Å²) in [4.78, 5) is 11.9. The molecule has 0 aromatic heterocycles. The molecule has 1 aromatic carbocycles. The normalized spacial score (nSPS) is 23.9. The van der Waals surface area contributed by atoms with Crippen molar-refractivity contribution in [3.8, 4) is 0 Å². The Kier molecular flexibility index (Phi) is 3.20. The lowest BCUT2D eigenvalue weighted by atomic mass is 9.85. The van der Waals surface area contributed by atoms with Crippen LogP contribution in [0.25, 0.3) is 0 Å². The smallest absolute Gasteiger partial charge is 0.324 e. The molecule has 0 aliphatic carbocycles. The molecule has 0 saturated carbocycles. The standard InChI is InChI=1S/C14H19NO2/c1-14(2,3)17-13(16)12-11(9-15-12)10-7-5-4-6-8-10/h4-8,11-12,15H,9H2,1-3H3/t11-,12-/m0/s1. The van der Waals surface area contributed by atoms with Crippen molar-refractivity contribution in [3.63, 3.8) is 0 Å². The molecular formula is C14H19NO2. The summed E-state index contributed by atoms with van der Waals surface area (Å²) in [5.41, 5.74) is 0.775. The van der Waals surface area contributed by atoms with Gasteiger partial charge in [-0.15, -0.1) is 0 Å². The summed E-state index contributed by atoms with van der Waals surface area (Å²) >= 11 is 0. The SMILES string of the molecule is CC(C)(C)OC(=O)[C@H]1NC[C@H]1c1ccccc1. The van der Waals surface area contributed by atoms with Gasteiger partial charge in [0.05, 0.1) is 0 Å². The lowest BCUT2D eigenvalue weighted by Gasteiger charge is -2.38. The first kappa shape index (κ1) is 12.1. The number of hydrogen-bond donors (Lipinski definition) is 1. The Morgan fingerprint density at radius 1 is 1.29 bits per heavy atom. The van der Waals surface area contributed by atoms with Gasteiger partial charge >= 0.3 is 5.97 Å². The molecule has 2 atom stereocenters. The molecule has 17 heavy (non-hydrogen) atoms. The summed E-state index contributed by atoms with van der Waals surface area (Å²) in [7, 11) is 0. The van der Waals surface area contributed by atoms with E-state index in [4.69, 9.17) is 4.74 Å². The van der Waals surface area contributed by atoms with E-state index in [2.05, 4.69) is 17.4 Å². The van der Waals surface area contributed by atoms with Gasteiger partial charge in [-0.1, -0.05) is 30.3 Å². The minimum atomic E-state index is -0.421. The quantitative estimate of drug-likeness (QED) is 0.795. The molecule has 2 rings (SSSR count). The Balaban J connectivity index is 2.02. The first-order valence-corrected chi connectivity index (χ1v) is 5.98. The van der Waals surface area contributed by atoms with E-state index in [1.807, 2.05) is 39.0 Å². The van der Waals surface area contributed by atoms with Gasteiger partial charge in [-0.05, 0) is 26.3 Å². The second-order valence-corrected chi connectivity index (χ2v) is 5.44. The van der Waals surface area contributed by atoms with Crippen molar-refractivity contribution in [3.05, 3.63) is 35.9 Å². The molecule has 1 heterocycles. The Morgan fingerprint density at radius 3 is 2.41 bits per heavy atom. The van der Waals surface area contributed by atoms with E-state index < -0.39 is 5.60 Å². The number of rotatable bonds is 2. The molecule has 1 N–H and O–H groups in total. The fourth-order valence-corrected chi connectivity index (χ4v) is 1.98. The van der Waals surface area contributed by atoms with Crippen LogP contribution in [0.3, 0.4) is 0 Å². The first-order valence-electron chi connectivity index (χ1n) is 5.98. The summed E-state index contributed by atoms with van der Waals surface area (Å²) in [6.07, 6.45) is 0. The third-order valence-corrected chi connectivity index (χ3v) is 2.85. The van der Waals surface area contributed by atoms with Gasteiger partial charge in [0.1, 0.15) is 11.6 Å². The Hall–Kier alpha value is -1.35. The van der Waals surface area contributed by atoms with Gasteiger partial charge < -0.3 is 10.1 Å². The van der Waals surface area contributed by atoms with E-state index in [9.17, 15) is 4.79 Å². The number of nitrogens with one attached hydrogen (secondary N) is 1. The maximum absolute atomic E-state index is 11.9. The van der Waals surface area contributed by atoms with Crippen LogP contribution in [0.4, 0.5) is 0 Å². The molecular weight excluding hydrogens is 214 g/mol. The van der Waals surface area contributed by atoms with Crippen molar-refractivity contribution in [2.75, 3.05) is 6.54 Å². The van der Waals surface area contributed by atoms with Gasteiger partial charge in [-0.3, -0.25) is 4.79 Å². The zero-order valence-electron chi connectivity index (χ0n) is 10.6. The third-order valence-electron chi connectivity index (χ3n) is 2.85. The van der Waals surface area contributed by atoms with Crippen LogP contribution in [-0.2, 0) is 9.53 Å². The molecule has 0 radical (unpaired) electrons. The van der Waals surface area contributed by atoms with Crippen molar-refractivity contribution < 1.29 is 9.53 Å². The maximum atomic E-state index is 11.9. The average molecular weight is 233 g/mol. The molecule has 3 heteroatoms. The minimum absolute atomic E-state index is 0.155. The predicted molar refractivity (Wildman–Crippen MR) is 66.8 cm³/mol. The molecule has 0 bridgehead atoms. The molecule has 0 spiro atoms. The minimum Gasteiger partial charge on any atom is -0.459 e. The molecule has 1 saturated heterocycles. The van der Waals surface area contributed by atoms with Crippen LogP contribution in [0.1, 0.15) is 32.3 Å². The van der Waals surface area contributed by atoms with Gasteiger partial charge in [0.25, 0.3) is 0 Å². The number of esters is 1. The van der Waals surface area contributed by atoms with Crippen molar-refractivity contribution >= 4 is 5.97 Å². The van der Waals surface area contributed by atoms with E-state index in [1.54, 1.807) is 0 Å². The fourth-order valence-electron chi connectivity index (χ4n) is 1.98. The topological polar surface area (TPSA) is 38.3 Å². The summed E-state index contributed by atoms with van der Waals surface area (Å²) in [6.45, 7) is 6.51. The van der Waals surface area contributed by atoms with Crippen LogP contribution in [0.5, 0.6) is 0 Å². The molecule has 1 aliphatic heterocycles. The zero-order chi connectivity index (χ0) is 12.5. The second kappa shape index (κ2) is 4.49. The molecule has 1 aliphatic rings. The molecule has 0 amide bonds. The second-order valence-electron chi connectivity index (χ2n) is 5.44. The highest BCUT2D eigenvalue weighted by atomic mass is 16.6. The predicted octanol–water partition coefficient (Wildman–Crippen LogP) is 2.08. The monoisotopic (exact) mass is 233 g/mol. The molecule has 92 valence electrons. The van der Waals surface area contributed by atoms with E-state index in [1.165, 1.54) is 5.56 Å². The fraction of sp³-hybridized carbons (Fsp3) is 0.500. The summed E-state index contributed by atoms with van der Waals surface area (Å²) in [5.74, 6) is 0.0867. The van der Waals surface area contributed by atoms with Crippen LogP contribution in [0.15, 0.2) is 30.3 Å². The highest BCUT2D eigenvalue weighted by molar-refractivity contribution is 5.79. The number of ether oxygens (including phenoxy) is 1. The van der Waals surface area contributed by atoms with Gasteiger partial charge in [0, 0.05) is 12.5 Å². The Morgan fingerprint density at radius 2 is 1.94 bits per heavy atom. The number of hydrogen-bond acceptors (Lipinski definition) is 3. The summed E-state index contributed by atoms with van der Waals surface area (Å²) in [5, 5.41) is 3.14. The average Bonchev–Trinajstić information content (AvgIpc) is 2.14. The lowest BCUT2D eigenvalue weighted by molar-refractivity contribution is -0.160. The molecule has 0 unspecified atom stereocenters. The lowest BCUT2D eigenvalue weighted by Crippen LogP contribution is -2.57. The van der Waals surface area contributed by atoms with Crippen LogP contribution in [-0.4, -0.2) is 24.2 Å².